The topological polar surface area (TPSA) is 26.3 Å². The largest absolute Gasteiger partial charge is 0.466 e. The van der Waals surface area contributed by atoms with Crippen LogP contribution in [0.15, 0.2) is 12.7 Å². The molecular formula is C23H46O2. The molecule has 0 rings (SSSR count). The van der Waals surface area contributed by atoms with Crippen molar-refractivity contribution in [1.82, 2.24) is 0 Å². The lowest BCUT2D eigenvalue weighted by Gasteiger charge is -2.01. The van der Waals surface area contributed by atoms with Crippen LogP contribution < -0.4 is 0 Å². The summed E-state index contributed by atoms with van der Waals surface area (Å²) in [6.07, 6.45) is 22.4. The van der Waals surface area contributed by atoms with Crippen LogP contribution in [0.4, 0.5) is 0 Å². The summed E-state index contributed by atoms with van der Waals surface area (Å²) >= 11 is 0. The molecule has 0 aliphatic rings. The monoisotopic (exact) mass is 354 g/mol. The highest BCUT2D eigenvalue weighted by molar-refractivity contribution is 5.69. The maximum atomic E-state index is 10.9. The van der Waals surface area contributed by atoms with E-state index in [1.165, 1.54) is 77.0 Å². The number of hydrogen-bond acceptors (Lipinski definition) is 2. The highest BCUT2D eigenvalue weighted by Gasteiger charge is 2.00. The van der Waals surface area contributed by atoms with Crippen LogP contribution in [0.3, 0.4) is 0 Å². The van der Waals surface area contributed by atoms with Gasteiger partial charge in [0.2, 0.25) is 0 Å². The van der Waals surface area contributed by atoms with Crippen molar-refractivity contribution in [3.63, 3.8) is 0 Å². The van der Waals surface area contributed by atoms with Crippen LogP contribution >= 0.6 is 0 Å². The fraction of sp³-hybridized carbons (Fsp3) is 0.870. The van der Waals surface area contributed by atoms with Crippen LogP contribution in [0.1, 0.15) is 124 Å². The van der Waals surface area contributed by atoms with Crippen LogP contribution in [0, 0.1) is 0 Å². The summed E-state index contributed by atoms with van der Waals surface area (Å²) < 4.78 is 4.83. The van der Waals surface area contributed by atoms with Gasteiger partial charge in [-0.05, 0) is 26.2 Å². The van der Waals surface area contributed by atoms with Crippen LogP contribution in [0.2, 0.25) is 0 Å². The highest BCUT2D eigenvalue weighted by Crippen LogP contribution is 2.09. The molecular weight excluding hydrogens is 308 g/mol. The summed E-state index contributed by atoms with van der Waals surface area (Å²) in [5, 5.41) is 0. The van der Waals surface area contributed by atoms with Gasteiger partial charge in [-0.15, -0.1) is 6.58 Å². The standard InChI is InChI=1S/C12H22O2.C11H24/c1-3-5-6-7-8-9-10-11-12(13)14-4-2;1-3-5-7-9-11-10-8-6-4-2/h3H,1,4-11H2,2H3;3-11H2,1-2H3. The fourth-order valence-electron chi connectivity index (χ4n) is 2.71. The average molecular weight is 355 g/mol. The Morgan fingerprint density at radius 2 is 1.16 bits per heavy atom. The molecule has 0 saturated heterocycles. The quantitative estimate of drug-likeness (QED) is 0.150. The molecule has 25 heavy (non-hydrogen) atoms. The summed E-state index contributed by atoms with van der Waals surface area (Å²) in [6.45, 7) is 10.6. The average Bonchev–Trinajstić information content (AvgIpc) is 2.61. The van der Waals surface area contributed by atoms with Crippen molar-refractivity contribution in [3.8, 4) is 0 Å². The molecule has 0 atom stereocenters. The molecule has 0 unspecified atom stereocenters. The van der Waals surface area contributed by atoms with Gasteiger partial charge in [0.25, 0.3) is 0 Å². The summed E-state index contributed by atoms with van der Waals surface area (Å²) in [7, 11) is 0. The molecule has 0 amide bonds. The van der Waals surface area contributed by atoms with Crippen molar-refractivity contribution in [2.45, 2.75) is 124 Å². The molecule has 0 aliphatic heterocycles. The summed E-state index contributed by atoms with van der Waals surface area (Å²) in [4.78, 5) is 10.9. The number of ether oxygens (including phenoxy) is 1. The molecule has 0 N–H and O–H groups in total. The first kappa shape index (κ1) is 26.4. The molecule has 0 aliphatic carbocycles. The van der Waals surface area contributed by atoms with Crippen LogP contribution in [-0.4, -0.2) is 12.6 Å². The Balaban J connectivity index is 0. The van der Waals surface area contributed by atoms with Gasteiger partial charge in [-0.2, -0.15) is 0 Å². The minimum absolute atomic E-state index is 0.0569. The zero-order valence-corrected chi connectivity index (χ0v) is 17.6. The number of carbonyl (C=O) groups excluding carboxylic acids is 1. The van der Waals surface area contributed by atoms with Crippen molar-refractivity contribution in [2.24, 2.45) is 0 Å². The number of hydrogen-bond donors (Lipinski definition) is 0. The second-order valence-corrected chi connectivity index (χ2v) is 6.88. The molecule has 0 heterocycles. The van der Waals surface area contributed by atoms with E-state index < -0.39 is 0 Å². The molecule has 150 valence electrons. The molecule has 0 aromatic heterocycles. The molecule has 0 bridgehead atoms. The van der Waals surface area contributed by atoms with Crippen molar-refractivity contribution >= 4 is 5.97 Å². The molecule has 0 saturated carbocycles. The Bertz CT molecular complexity index is 253. The smallest absolute Gasteiger partial charge is 0.305 e. The van der Waals surface area contributed by atoms with E-state index in [9.17, 15) is 4.79 Å². The number of carbonyl (C=O) groups is 1. The normalized spacial score (nSPS) is 10.0. The van der Waals surface area contributed by atoms with E-state index >= 15 is 0 Å². The van der Waals surface area contributed by atoms with E-state index in [-0.39, 0.29) is 5.97 Å². The lowest BCUT2D eigenvalue weighted by Crippen LogP contribution is -2.03. The number of esters is 1. The van der Waals surface area contributed by atoms with Crippen molar-refractivity contribution in [3.05, 3.63) is 12.7 Å². The highest BCUT2D eigenvalue weighted by atomic mass is 16.5. The molecule has 0 aromatic rings. The maximum absolute atomic E-state index is 10.9. The zero-order valence-electron chi connectivity index (χ0n) is 17.6. The SMILES string of the molecule is C=CCCCCCCCC(=O)OCC.CCCCCCCCCCC. The molecule has 0 radical (unpaired) electrons. The van der Waals surface area contributed by atoms with E-state index in [1.807, 2.05) is 13.0 Å². The maximum Gasteiger partial charge on any atom is 0.305 e. The van der Waals surface area contributed by atoms with Gasteiger partial charge in [0.15, 0.2) is 0 Å². The van der Waals surface area contributed by atoms with Crippen LogP contribution in [0.25, 0.3) is 0 Å². The molecule has 2 nitrogen and oxygen atoms in total. The lowest BCUT2D eigenvalue weighted by atomic mass is 10.1. The van der Waals surface area contributed by atoms with E-state index in [4.69, 9.17) is 4.74 Å². The van der Waals surface area contributed by atoms with Gasteiger partial charge in [-0.1, -0.05) is 97.0 Å². The third-order valence-corrected chi connectivity index (χ3v) is 4.30. The zero-order chi connectivity index (χ0) is 19.0. The predicted molar refractivity (Wildman–Crippen MR) is 112 cm³/mol. The van der Waals surface area contributed by atoms with E-state index in [2.05, 4.69) is 20.4 Å². The number of unbranched alkanes of at least 4 members (excludes halogenated alkanes) is 13. The van der Waals surface area contributed by atoms with Gasteiger partial charge in [-0.25, -0.2) is 0 Å². The lowest BCUT2D eigenvalue weighted by molar-refractivity contribution is -0.143. The summed E-state index contributed by atoms with van der Waals surface area (Å²) in [5.74, 6) is -0.0569. The van der Waals surface area contributed by atoms with Gasteiger partial charge in [0, 0.05) is 6.42 Å². The van der Waals surface area contributed by atoms with Crippen molar-refractivity contribution < 1.29 is 9.53 Å². The minimum Gasteiger partial charge on any atom is -0.466 e. The third kappa shape index (κ3) is 28.3. The first-order valence-corrected chi connectivity index (χ1v) is 11.0. The second kappa shape index (κ2) is 25.5. The van der Waals surface area contributed by atoms with E-state index in [0.29, 0.717) is 13.0 Å². The molecule has 0 fully saturated rings. The van der Waals surface area contributed by atoms with E-state index in [0.717, 1.165) is 19.3 Å². The molecule has 2 heteroatoms. The minimum atomic E-state index is -0.0569. The summed E-state index contributed by atoms with van der Waals surface area (Å²) in [6, 6.07) is 0. The molecule has 0 spiro atoms. The Labute approximate surface area is 158 Å². The van der Waals surface area contributed by atoms with Gasteiger partial charge in [0.1, 0.15) is 0 Å². The second-order valence-electron chi connectivity index (χ2n) is 6.88. The Kier molecular flexibility index (Phi) is 26.9. The van der Waals surface area contributed by atoms with Gasteiger partial charge >= 0.3 is 5.97 Å². The Hall–Kier alpha value is -0.790. The van der Waals surface area contributed by atoms with Crippen LogP contribution in [0.5, 0.6) is 0 Å². The Morgan fingerprint density at radius 1 is 0.720 bits per heavy atom. The van der Waals surface area contributed by atoms with Crippen molar-refractivity contribution in [2.75, 3.05) is 6.61 Å². The predicted octanol–water partition coefficient (Wildman–Crippen LogP) is 8.00. The first-order chi connectivity index (χ1) is 12.2. The first-order valence-electron chi connectivity index (χ1n) is 11.0. The fourth-order valence-corrected chi connectivity index (χ4v) is 2.71. The third-order valence-electron chi connectivity index (χ3n) is 4.30. The number of rotatable bonds is 17. The van der Waals surface area contributed by atoms with Crippen molar-refractivity contribution in [1.29, 1.82) is 0 Å². The van der Waals surface area contributed by atoms with Crippen LogP contribution in [-0.2, 0) is 9.53 Å². The summed E-state index contributed by atoms with van der Waals surface area (Å²) in [5.41, 5.74) is 0. The van der Waals surface area contributed by atoms with Gasteiger partial charge in [-0.3, -0.25) is 4.79 Å². The number of allylic oxidation sites excluding steroid dienone is 1. The van der Waals surface area contributed by atoms with Gasteiger partial charge in [0.05, 0.1) is 6.61 Å². The Morgan fingerprint density at radius 3 is 1.60 bits per heavy atom. The molecule has 0 aromatic carbocycles. The van der Waals surface area contributed by atoms with E-state index in [1.54, 1.807) is 0 Å². The van der Waals surface area contributed by atoms with Gasteiger partial charge < -0.3 is 4.74 Å².